The van der Waals surface area contributed by atoms with Crippen molar-refractivity contribution in [3.63, 3.8) is 0 Å². The van der Waals surface area contributed by atoms with Crippen LogP contribution in [0.5, 0.6) is 0 Å². The lowest BCUT2D eigenvalue weighted by Gasteiger charge is -2.12. The van der Waals surface area contributed by atoms with Crippen molar-refractivity contribution in [2.45, 2.75) is 6.92 Å². The van der Waals surface area contributed by atoms with Crippen molar-refractivity contribution in [3.8, 4) is 0 Å². The Kier molecular flexibility index (Phi) is 3.87. The Hall–Kier alpha value is -2.69. The summed E-state index contributed by atoms with van der Waals surface area (Å²) >= 11 is 0. The fourth-order valence-electron chi connectivity index (χ4n) is 1.57. The van der Waals surface area contributed by atoms with Crippen LogP contribution in [0.4, 0.5) is 0 Å². The summed E-state index contributed by atoms with van der Waals surface area (Å²) in [6.07, 6.45) is 9.70. The standard InChI is InChI=1S/C14H13N3O2/c1-10(12-4-2-3-5-13(12)18)16-17-14(19)11-6-8-15-9-7-11/h2-9,16H,1H3,(H,17,19). The minimum atomic E-state index is -0.287. The molecule has 0 aliphatic heterocycles. The Morgan fingerprint density at radius 2 is 1.79 bits per heavy atom. The molecule has 2 rings (SSSR count). The summed E-state index contributed by atoms with van der Waals surface area (Å²) in [4.78, 5) is 27.2. The van der Waals surface area contributed by atoms with Gasteiger partial charge in [-0.2, -0.15) is 0 Å². The highest BCUT2D eigenvalue weighted by Crippen LogP contribution is 2.09. The minimum absolute atomic E-state index is 0.0920. The van der Waals surface area contributed by atoms with E-state index in [2.05, 4.69) is 15.8 Å². The smallest absolute Gasteiger partial charge is 0.269 e. The van der Waals surface area contributed by atoms with Crippen molar-refractivity contribution < 1.29 is 9.59 Å². The summed E-state index contributed by atoms with van der Waals surface area (Å²) in [5, 5.41) is 0. The molecule has 0 radical (unpaired) electrons. The lowest BCUT2D eigenvalue weighted by atomic mass is 10.1. The molecule has 2 N–H and O–H groups in total. The third-order valence-corrected chi connectivity index (χ3v) is 2.60. The van der Waals surface area contributed by atoms with Crippen LogP contribution < -0.4 is 10.9 Å². The monoisotopic (exact) mass is 255 g/mol. The molecule has 0 aromatic carbocycles. The molecule has 19 heavy (non-hydrogen) atoms. The number of hydrazine groups is 1. The van der Waals surface area contributed by atoms with E-state index in [1.165, 1.54) is 6.08 Å². The zero-order chi connectivity index (χ0) is 13.7. The maximum absolute atomic E-state index is 11.8. The molecule has 5 heteroatoms. The number of rotatable bonds is 3. The molecule has 1 heterocycles. The molecule has 0 bridgehead atoms. The Balaban J connectivity index is 2.01. The molecule has 0 fully saturated rings. The van der Waals surface area contributed by atoms with E-state index in [0.717, 1.165) is 0 Å². The van der Waals surface area contributed by atoms with Gasteiger partial charge < -0.3 is 5.43 Å². The van der Waals surface area contributed by atoms with E-state index in [1.807, 2.05) is 0 Å². The van der Waals surface area contributed by atoms with Crippen LogP contribution in [0.15, 0.2) is 60.1 Å². The summed E-state index contributed by atoms with van der Waals surface area (Å²) in [5.74, 6) is -0.379. The fraction of sp³-hybridized carbons (Fsp3) is 0.0714. The van der Waals surface area contributed by atoms with Crippen molar-refractivity contribution in [1.29, 1.82) is 0 Å². The molecule has 0 atom stereocenters. The van der Waals surface area contributed by atoms with E-state index < -0.39 is 0 Å². The molecule has 0 saturated heterocycles. The third-order valence-electron chi connectivity index (χ3n) is 2.60. The number of ketones is 1. The summed E-state index contributed by atoms with van der Waals surface area (Å²) in [7, 11) is 0. The number of amides is 1. The van der Waals surface area contributed by atoms with E-state index in [1.54, 1.807) is 49.7 Å². The van der Waals surface area contributed by atoms with Gasteiger partial charge in [0.25, 0.3) is 5.91 Å². The van der Waals surface area contributed by atoms with Gasteiger partial charge in [0.15, 0.2) is 5.78 Å². The normalized spacial score (nSPS) is 16.2. The van der Waals surface area contributed by atoms with Gasteiger partial charge in [0, 0.05) is 29.2 Å². The number of carbonyl (C=O) groups excluding carboxylic acids is 2. The van der Waals surface area contributed by atoms with E-state index in [4.69, 9.17) is 0 Å². The Bertz CT molecular complexity index is 586. The molecule has 1 aliphatic rings. The number of hydrogen-bond acceptors (Lipinski definition) is 4. The van der Waals surface area contributed by atoms with Crippen molar-refractivity contribution in [3.05, 3.63) is 65.7 Å². The predicted octanol–water partition coefficient (Wildman–Crippen LogP) is 1.29. The van der Waals surface area contributed by atoms with E-state index in [9.17, 15) is 9.59 Å². The average Bonchev–Trinajstić information content (AvgIpc) is 2.46. The zero-order valence-corrected chi connectivity index (χ0v) is 10.4. The second-order valence-corrected chi connectivity index (χ2v) is 3.94. The van der Waals surface area contributed by atoms with Gasteiger partial charge in [-0.25, -0.2) is 0 Å². The van der Waals surface area contributed by atoms with Crippen LogP contribution in [0.3, 0.4) is 0 Å². The van der Waals surface area contributed by atoms with E-state index >= 15 is 0 Å². The fourth-order valence-corrected chi connectivity index (χ4v) is 1.57. The molecule has 0 saturated carbocycles. The summed E-state index contributed by atoms with van der Waals surface area (Å²) in [6.45, 7) is 1.73. The first-order chi connectivity index (χ1) is 9.18. The maximum Gasteiger partial charge on any atom is 0.269 e. The second-order valence-electron chi connectivity index (χ2n) is 3.94. The molecule has 0 unspecified atom stereocenters. The SMILES string of the molecule is CC(NNC(=O)c1ccncc1)=C1C=CC=CC1=O. The van der Waals surface area contributed by atoms with Gasteiger partial charge in [-0.3, -0.25) is 20.0 Å². The van der Waals surface area contributed by atoms with Gasteiger partial charge in [0.1, 0.15) is 0 Å². The van der Waals surface area contributed by atoms with Crippen molar-refractivity contribution in [2.24, 2.45) is 0 Å². The predicted molar refractivity (Wildman–Crippen MR) is 70.8 cm³/mol. The van der Waals surface area contributed by atoms with Crippen molar-refractivity contribution in [2.75, 3.05) is 0 Å². The van der Waals surface area contributed by atoms with E-state index in [-0.39, 0.29) is 11.7 Å². The highest BCUT2D eigenvalue weighted by Gasteiger charge is 2.10. The molecular formula is C14H13N3O2. The number of hydrogen-bond donors (Lipinski definition) is 2. The Labute approximate surface area is 110 Å². The first kappa shape index (κ1) is 12.8. The molecule has 1 aromatic heterocycles. The van der Waals surface area contributed by atoms with Gasteiger partial charge >= 0.3 is 0 Å². The molecular weight excluding hydrogens is 242 g/mol. The molecule has 1 aliphatic carbocycles. The van der Waals surface area contributed by atoms with Gasteiger partial charge in [-0.1, -0.05) is 12.2 Å². The molecule has 96 valence electrons. The van der Waals surface area contributed by atoms with Crippen LogP contribution in [0.2, 0.25) is 0 Å². The lowest BCUT2D eigenvalue weighted by Crippen LogP contribution is -2.37. The zero-order valence-electron chi connectivity index (χ0n) is 10.4. The van der Waals surface area contributed by atoms with Crippen molar-refractivity contribution in [1.82, 2.24) is 15.8 Å². The number of aromatic nitrogens is 1. The minimum Gasteiger partial charge on any atom is -0.302 e. The maximum atomic E-state index is 11.8. The lowest BCUT2D eigenvalue weighted by molar-refractivity contribution is -0.111. The highest BCUT2D eigenvalue weighted by molar-refractivity contribution is 6.07. The van der Waals surface area contributed by atoms with Crippen LogP contribution in [0.25, 0.3) is 0 Å². The first-order valence-corrected chi connectivity index (χ1v) is 5.75. The largest absolute Gasteiger partial charge is 0.302 e. The molecule has 1 amide bonds. The number of nitrogens with zero attached hydrogens (tertiary/aromatic N) is 1. The van der Waals surface area contributed by atoms with Gasteiger partial charge in [0.2, 0.25) is 0 Å². The van der Waals surface area contributed by atoms with Crippen LogP contribution >= 0.6 is 0 Å². The number of carbonyl (C=O) groups is 2. The Morgan fingerprint density at radius 1 is 1.11 bits per heavy atom. The first-order valence-electron chi connectivity index (χ1n) is 5.75. The van der Waals surface area contributed by atoms with Crippen LogP contribution in [0.1, 0.15) is 17.3 Å². The molecule has 5 nitrogen and oxygen atoms in total. The summed E-state index contributed by atoms with van der Waals surface area (Å²) in [5.41, 5.74) is 6.87. The topological polar surface area (TPSA) is 71.1 Å². The number of pyridine rings is 1. The average molecular weight is 255 g/mol. The number of allylic oxidation sites excluding steroid dienone is 6. The van der Waals surface area contributed by atoms with Crippen LogP contribution in [-0.2, 0) is 4.79 Å². The van der Waals surface area contributed by atoms with Crippen LogP contribution in [0, 0.1) is 0 Å². The molecule has 1 aromatic rings. The summed E-state index contributed by atoms with van der Waals surface area (Å²) in [6, 6.07) is 3.21. The van der Waals surface area contributed by atoms with E-state index in [0.29, 0.717) is 16.8 Å². The summed E-state index contributed by atoms with van der Waals surface area (Å²) < 4.78 is 0. The third kappa shape index (κ3) is 3.16. The van der Waals surface area contributed by atoms with Gasteiger partial charge in [0.05, 0.1) is 0 Å². The van der Waals surface area contributed by atoms with Gasteiger partial charge in [-0.15, -0.1) is 0 Å². The quantitative estimate of drug-likeness (QED) is 0.630. The number of nitrogens with one attached hydrogen (secondary N) is 2. The van der Waals surface area contributed by atoms with Crippen LogP contribution in [-0.4, -0.2) is 16.7 Å². The second kappa shape index (κ2) is 5.77. The van der Waals surface area contributed by atoms with Gasteiger partial charge in [-0.05, 0) is 31.2 Å². The van der Waals surface area contributed by atoms with Crippen molar-refractivity contribution >= 4 is 11.7 Å². The Morgan fingerprint density at radius 3 is 2.47 bits per heavy atom. The molecule has 0 spiro atoms. The highest BCUT2D eigenvalue weighted by atomic mass is 16.2.